The van der Waals surface area contributed by atoms with Crippen LogP contribution in [0.4, 0.5) is 5.82 Å². The van der Waals surface area contributed by atoms with Crippen LogP contribution < -0.4 is 5.73 Å². The maximum absolute atomic E-state index is 5.75. The van der Waals surface area contributed by atoms with Crippen molar-refractivity contribution in [2.45, 2.75) is 13.3 Å². The van der Waals surface area contributed by atoms with Crippen LogP contribution in [0.3, 0.4) is 0 Å². The quantitative estimate of drug-likeness (QED) is 0.624. The van der Waals surface area contributed by atoms with Gasteiger partial charge in [-0.2, -0.15) is 0 Å². The molecule has 0 spiro atoms. The van der Waals surface area contributed by atoms with Crippen molar-refractivity contribution in [2.75, 3.05) is 32.7 Å². The number of halogens is 1. The predicted molar refractivity (Wildman–Crippen MR) is 70.3 cm³/mol. The van der Waals surface area contributed by atoms with Crippen LogP contribution >= 0.6 is 22.6 Å². The van der Waals surface area contributed by atoms with Crippen LogP contribution in [0.1, 0.15) is 11.5 Å². The van der Waals surface area contributed by atoms with E-state index in [0.717, 1.165) is 15.1 Å². The van der Waals surface area contributed by atoms with Gasteiger partial charge in [0, 0.05) is 13.5 Å². The first kappa shape index (κ1) is 13.6. The molecule has 0 aliphatic heterocycles. The van der Waals surface area contributed by atoms with Gasteiger partial charge in [0.25, 0.3) is 0 Å². The molecule has 16 heavy (non-hydrogen) atoms. The average molecular weight is 337 g/mol. The topological polar surface area (TPSA) is 70.3 Å². The van der Waals surface area contributed by atoms with E-state index in [-0.39, 0.29) is 0 Å². The third kappa shape index (κ3) is 4.18. The van der Waals surface area contributed by atoms with Gasteiger partial charge in [0.1, 0.15) is 11.6 Å². The number of anilines is 1. The molecule has 0 aromatic carbocycles. The van der Waals surface area contributed by atoms with E-state index >= 15 is 0 Å². The first-order chi connectivity index (χ1) is 7.65. The molecule has 5 nitrogen and oxygen atoms in total. The van der Waals surface area contributed by atoms with Crippen molar-refractivity contribution in [2.24, 2.45) is 0 Å². The van der Waals surface area contributed by atoms with Gasteiger partial charge in [-0.05, 0) is 29.5 Å². The highest BCUT2D eigenvalue weighted by Gasteiger charge is 2.05. The number of methoxy groups -OCH3 is 1. The monoisotopic (exact) mass is 337 g/mol. The van der Waals surface area contributed by atoms with Crippen molar-refractivity contribution in [3.05, 3.63) is 15.1 Å². The predicted octanol–water partition coefficient (Wildman–Crippen LogP) is 1.18. The van der Waals surface area contributed by atoms with Crippen LogP contribution in [0.15, 0.2) is 0 Å². The molecule has 0 unspecified atom stereocenters. The van der Waals surface area contributed by atoms with E-state index in [1.165, 1.54) is 0 Å². The minimum Gasteiger partial charge on any atom is -0.383 e. The molecule has 0 fully saturated rings. The third-order valence-electron chi connectivity index (χ3n) is 1.99. The van der Waals surface area contributed by atoms with Crippen LogP contribution in [-0.4, -0.2) is 36.9 Å². The summed E-state index contributed by atoms with van der Waals surface area (Å²) in [5.41, 5.74) is 6.67. The molecule has 1 aromatic heterocycles. The van der Waals surface area contributed by atoms with E-state index < -0.39 is 0 Å². The molecule has 1 rings (SSSR count). The smallest absolute Gasteiger partial charge is 0.140 e. The lowest BCUT2D eigenvalue weighted by Gasteiger charge is -2.06. The minimum atomic E-state index is 0.542. The Balaban J connectivity index is 2.43. The van der Waals surface area contributed by atoms with E-state index in [1.54, 1.807) is 7.11 Å². The molecule has 0 aliphatic carbocycles. The van der Waals surface area contributed by atoms with Crippen LogP contribution in [0.2, 0.25) is 0 Å². The zero-order valence-corrected chi connectivity index (χ0v) is 11.7. The number of hydrogen-bond acceptors (Lipinski definition) is 5. The van der Waals surface area contributed by atoms with E-state index in [9.17, 15) is 0 Å². The molecule has 0 amide bonds. The molecule has 0 saturated carbocycles. The number of aryl methyl sites for hydroxylation is 1. The summed E-state index contributed by atoms with van der Waals surface area (Å²) in [6.07, 6.45) is 0.672. The van der Waals surface area contributed by atoms with Gasteiger partial charge >= 0.3 is 0 Å². The molecule has 2 N–H and O–H groups in total. The first-order valence-electron chi connectivity index (χ1n) is 5.00. The lowest BCUT2D eigenvalue weighted by atomic mass is 10.3. The van der Waals surface area contributed by atoms with E-state index in [0.29, 0.717) is 32.1 Å². The summed E-state index contributed by atoms with van der Waals surface area (Å²) in [6.45, 7) is 3.71. The summed E-state index contributed by atoms with van der Waals surface area (Å²) in [5.74, 6) is 1.27. The van der Waals surface area contributed by atoms with Gasteiger partial charge in [0.05, 0.1) is 29.1 Å². The minimum absolute atomic E-state index is 0.542. The fourth-order valence-electron chi connectivity index (χ4n) is 1.16. The number of nitrogen functional groups attached to an aromatic ring is 1. The van der Waals surface area contributed by atoms with Crippen molar-refractivity contribution in [3.8, 4) is 0 Å². The molecular weight excluding hydrogens is 321 g/mol. The highest BCUT2D eigenvalue weighted by Crippen LogP contribution is 2.15. The second kappa shape index (κ2) is 6.97. The first-order valence-corrected chi connectivity index (χ1v) is 6.08. The average Bonchev–Trinajstić information content (AvgIpc) is 2.25. The molecule has 0 aliphatic rings. The number of hydrogen-bond donors (Lipinski definition) is 1. The Hall–Kier alpha value is -0.470. The maximum atomic E-state index is 5.75. The molecular formula is C10H16IN3O2. The SMILES string of the molecule is COCCOCCc1nc(C)c(I)c(N)n1. The second-order valence-corrected chi connectivity index (χ2v) is 4.36. The van der Waals surface area contributed by atoms with E-state index in [2.05, 4.69) is 32.6 Å². The maximum Gasteiger partial charge on any atom is 0.140 e. The largest absolute Gasteiger partial charge is 0.383 e. The Morgan fingerprint density at radius 3 is 2.62 bits per heavy atom. The fraction of sp³-hybridized carbons (Fsp3) is 0.600. The van der Waals surface area contributed by atoms with E-state index in [1.807, 2.05) is 6.92 Å². The van der Waals surface area contributed by atoms with Crippen molar-refractivity contribution < 1.29 is 9.47 Å². The standard InChI is InChI=1S/C10H16IN3O2/c1-7-9(11)10(12)14-8(13-7)3-4-16-6-5-15-2/h3-6H2,1-2H3,(H2,12,13,14). The molecule has 6 heteroatoms. The fourth-order valence-corrected chi connectivity index (χ4v) is 1.40. The summed E-state index contributed by atoms with van der Waals surface area (Å²) in [6, 6.07) is 0. The van der Waals surface area contributed by atoms with Gasteiger partial charge < -0.3 is 15.2 Å². The number of rotatable bonds is 6. The zero-order valence-electron chi connectivity index (χ0n) is 9.49. The lowest BCUT2D eigenvalue weighted by molar-refractivity contribution is 0.0716. The second-order valence-electron chi connectivity index (χ2n) is 3.28. The summed E-state index contributed by atoms with van der Waals surface area (Å²) in [5, 5.41) is 0. The van der Waals surface area contributed by atoms with Crippen molar-refractivity contribution in [1.82, 2.24) is 9.97 Å². The van der Waals surface area contributed by atoms with Gasteiger partial charge in [-0.3, -0.25) is 0 Å². The number of ether oxygens (including phenoxy) is 2. The Bertz CT molecular complexity index is 324. The van der Waals surface area contributed by atoms with Crippen molar-refractivity contribution in [3.63, 3.8) is 0 Å². The molecule has 1 aromatic rings. The normalized spacial score (nSPS) is 10.7. The van der Waals surface area contributed by atoms with Crippen LogP contribution in [-0.2, 0) is 15.9 Å². The van der Waals surface area contributed by atoms with Crippen LogP contribution in [0.5, 0.6) is 0 Å². The van der Waals surface area contributed by atoms with Crippen molar-refractivity contribution in [1.29, 1.82) is 0 Å². The Kier molecular flexibility index (Phi) is 5.93. The van der Waals surface area contributed by atoms with Gasteiger partial charge in [0.15, 0.2) is 0 Å². The lowest BCUT2D eigenvalue weighted by Crippen LogP contribution is -2.09. The highest BCUT2D eigenvalue weighted by atomic mass is 127. The molecule has 0 radical (unpaired) electrons. The Morgan fingerprint density at radius 1 is 1.25 bits per heavy atom. The van der Waals surface area contributed by atoms with Crippen LogP contribution in [0.25, 0.3) is 0 Å². The highest BCUT2D eigenvalue weighted by molar-refractivity contribution is 14.1. The van der Waals surface area contributed by atoms with E-state index in [4.69, 9.17) is 15.2 Å². The molecule has 0 atom stereocenters. The summed E-state index contributed by atoms with van der Waals surface area (Å²) < 4.78 is 11.1. The molecule has 90 valence electrons. The number of aromatic nitrogens is 2. The number of nitrogens with two attached hydrogens (primary N) is 1. The summed E-state index contributed by atoms with van der Waals surface area (Å²) >= 11 is 2.14. The van der Waals surface area contributed by atoms with Gasteiger partial charge in [-0.1, -0.05) is 0 Å². The zero-order chi connectivity index (χ0) is 12.0. The third-order valence-corrected chi connectivity index (χ3v) is 3.32. The summed E-state index contributed by atoms with van der Waals surface area (Å²) in [7, 11) is 1.65. The Labute approximate surface area is 109 Å². The molecule has 1 heterocycles. The van der Waals surface area contributed by atoms with Gasteiger partial charge in [0.2, 0.25) is 0 Å². The van der Waals surface area contributed by atoms with Gasteiger partial charge in [-0.25, -0.2) is 9.97 Å². The van der Waals surface area contributed by atoms with Crippen LogP contribution in [0, 0.1) is 10.5 Å². The molecule has 0 bridgehead atoms. The molecule has 0 saturated heterocycles. The Morgan fingerprint density at radius 2 is 2.00 bits per heavy atom. The van der Waals surface area contributed by atoms with Gasteiger partial charge in [-0.15, -0.1) is 0 Å². The van der Waals surface area contributed by atoms with Crippen molar-refractivity contribution >= 4 is 28.4 Å². The number of nitrogens with zero attached hydrogens (tertiary/aromatic N) is 2. The summed E-state index contributed by atoms with van der Waals surface area (Å²) in [4.78, 5) is 8.54.